The molecule has 21 heavy (non-hydrogen) atoms. The molecule has 2 aliphatic rings. The minimum atomic E-state index is 0.373. The summed E-state index contributed by atoms with van der Waals surface area (Å²) in [4.78, 5) is 2.57. The molecule has 2 fully saturated rings. The van der Waals surface area contributed by atoms with Crippen LogP contribution in [0.15, 0.2) is 18.2 Å². The molecule has 6 heteroatoms. The van der Waals surface area contributed by atoms with Crippen LogP contribution in [0, 0.1) is 6.92 Å². The molecule has 0 spiro atoms. The summed E-state index contributed by atoms with van der Waals surface area (Å²) in [5, 5.41) is 12.4. The Morgan fingerprint density at radius 2 is 2.00 bits per heavy atom. The van der Waals surface area contributed by atoms with Crippen molar-refractivity contribution < 1.29 is 0 Å². The van der Waals surface area contributed by atoms with Crippen molar-refractivity contribution >= 4 is 5.69 Å². The topological polar surface area (TPSA) is 72.9 Å². The maximum atomic E-state index is 5.95. The highest BCUT2D eigenvalue weighted by Gasteiger charge is 2.36. The Bertz CT molecular complexity index is 640. The number of nitrogen functional groups attached to an aromatic ring is 1. The molecule has 0 radical (unpaired) electrons. The molecule has 2 N–H and O–H groups in total. The molecule has 6 nitrogen and oxygen atoms in total. The molecule has 1 aliphatic heterocycles. The third-order valence-corrected chi connectivity index (χ3v) is 4.45. The molecule has 1 atom stereocenters. The van der Waals surface area contributed by atoms with Gasteiger partial charge in [0.15, 0.2) is 5.82 Å². The lowest BCUT2D eigenvalue weighted by molar-refractivity contribution is 0.309. The van der Waals surface area contributed by atoms with Crippen molar-refractivity contribution in [3.63, 3.8) is 0 Å². The summed E-state index contributed by atoms with van der Waals surface area (Å²) in [6, 6.07) is 7.18. The van der Waals surface area contributed by atoms with Gasteiger partial charge in [0.05, 0.1) is 6.04 Å². The molecule has 0 amide bonds. The van der Waals surface area contributed by atoms with Gasteiger partial charge in [-0.3, -0.25) is 4.90 Å². The van der Waals surface area contributed by atoms with E-state index >= 15 is 0 Å². The maximum Gasteiger partial charge on any atom is 0.182 e. The lowest BCUT2D eigenvalue weighted by atomic mass is 10.1. The molecular formula is C15H20N6. The number of likely N-dealkylation sites (tertiary alicyclic amines) is 1. The average Bonchev–Trinajstić information content (AvgIpc) is 3.00. The molecule has 1 saturated heterocycles. The van der Waals surface area contributed by atoms with E-state index in [1.54, 1.807) is 0 Å². The van der Waals surface area contributed by atoms with E-state index in [2.05, 4.69) is 26.5 Å². The number of hydrogen-bond acceptors (Lipinski definition) is 5. The van der Waals surface area contributed by atoms with Crippen LogP contribution in [0.5, 0.6) is 0 Å². The first kappa shape index (κ1) is 12.8. The Labute approximate surface area is 123 Å². The number of nitrogens with two attached hydrogens (primary N) is 1. The lowest BCUT2D eigenvalue weighted by Gasteiger charge is -2.15. The summed E-state index contributed by atoms with van der Waals surface area (Å²) >= 11 is 0. The Kier molecular flexibility index (Phi) is 2.92. The zero-order valence-electron chi connectivity index (χ0n) is 12.2. The summed E-state index contributed by atoms with van der Waals surface area (Å²) in [6.45, 7) is 4.26. The summed E-state index contributed by atoms with van der Waals surface area (Å²) in [5.74, 6) is 0.827. The van der Waals surface area contributed by atoms with Gasteiger partial charge >= 0.3 is 0 Å². The number of aryl methyl sites for hydroxylation is 1. The van der Waals surface area contributed by atoms with Crippen LogP contribution in [-0.4, -0.2) is 44.2 Å². The summed E-state index contributed by atoms with van der Waals surface area (Å²) in [5.41, 5.74) is 8.84. The number of hydrogen-bond donors (Lipinski definition) is 1. The fourth-order valence-corrected chi connectivity index (χ4v) is 3.31. The second kappa shape index (κ2) is 4.80. The first-order chi connectivity index (χ1) is 10.2. The van der Waals surface area contributed by atoms with Crippen molar-refractivity contribution in [2.45, 2.75) is 38.3 Å². The summed E-state index contributed by atoms with van der Waals surface area (Å²) in [6.07, 6.45) is 3.82. The predicted molar refractivity (Wildman–Crippen MR) is 80.7 cm³/mol. The molecule has 1 aliphatic carbocycles. The molecule has 4 rings (SSSR count). The fourth-order valence-electron chi connectivity index (χ4n) is 3.31. The van der Waals surface area contributed by atoms with Gasteiger partial charge in [0.2, 0.25) is 0 Å². The highest BCUT2D eigenvalue weighted by molar-refractivity contribution is 5.62. The van der Waals surface area contributed by atoms with E-state index in [9.17, 15) is 0 Å². The van der Waals surface area contributed by atoms with Crippen LogP contribution < -0.4 is 5.73 Å². The number of tetrazole rings is 1. The van der Waals surface area contributed by atoms with Crippen LogP contribution in [-0.2, 0) is 0 Å². The molecule has 1 aromatic carbocycles. The Hall–Kier alpha value is -1.95. The van der Waals surface area contributed by atoms with Crippen LogP contribution in [0.25, 0.3) is 11.4 Å². The van der Waals surface area contributed by atoms with Gasteiger partial charge < -0.3 is 5.73 Å². The van der Waals surface area contributed by atoms with E-state index in [1.165, 1.54) is 12.8 Å². The first-order valence-corrected chi connectivity index (χ1v) is 7.60. The van der Waals surface area contributed by atoms with E-state index in [0.29, 0.717) is 6.04 Å². The zero-order chi connectivity index (χ0) is 14.4. The number of anilines is 1. The van der Waals surface area contributed by atoms with E-state index in [0.717, 1.165) is 48.2 Å². The molecule has 2 aromatic rings. The zero-order valence-corrected chi connectivity index (χ0v) is 12.2. The SMILES string of the molecule is Cc1cc(N)cc(-c2nnnn2C2CCN(C3CC3)C2)c1. The number of benzene rings is 1. The van der Waals surface area contributed by atoms with E-state index in [4.69, 9.17) is 5.73 Å². The van der Waals surface area contributed by atoms with Gasteiger partial charge in [0.1, 0.15) is 0 Å². The molecular weight excluding hydrogens is 264 g/mol. The highest BCUT2D eigenvalue weighted by Crippen LogP contribution is 2.34. The van der Waals surface area contributed by atoms with E-state index in [1.807, 2.05) is 23.7 Å². The molecule has 1 unspecified atom stereocenters. The fraction of sp³-hybridized carbons (Fsp3) is 0.533. The van der Waals surface area contributed by atoms with Gasteiger partial charge in [0, 0.05) is 30.4 Å². The quantitative estimate of drug-likeness (QED) is 0.867. The summed E-state index contributed by atoms with van der Waals surface area (Å²) in [7, 11) is 0. The average molecular weight is 284 g/mol. The van der Waals surface area contributed by atoms with Gasteiger partial charge in [-0.2, -0.15) is 0 Å². The molecule has 1 saturated carbocycles. The molecule has 0 bridgehead atoms. The molecule has 1 aromatic heterocycles. The van der Waals surface area contributed by atoms with E-state index < -0.39 is 0 Å². The Balaban J connectivity index is 1.64. The van der Waals surface area contributed by atoms with Crippen molar-refractivity contribution in [3.8, 4) is 11.4 Å². The minimum Gasteiger partial charge on any atom is -0.399 e. The lowest BCUT2D eigenvalue weighted by Crippen LogP contribution is -2.24. The third-order valence-electron chi connectivity index (χ3n) is 4.45. The number of aromatic nitrogens is 4. The van der Waals surface area contributed by atoms with Crippen molar-refractivity contribution in [2.24, 2.45) is 0 Å². The van der Waals surface area contributed by atoms with Gasteiger partial charge in [0.25, 0.3) is 0 Å². The number of rotatable bonds is 3. The molecule has 2 heterocycles. The van der Waals surface area contributed by atoms with Gasteiger partial charge in [-0.1, -0.05) is 0 Å². The summed E-state index contributed by atoms with van der Waals surface area (Å²) < 4.78 is 1.98. The number of nitrogens with zero attached hydrogens (tertiary/aromatic N) is 5. The second-order valence-corrected chi connectivity index (χ2v) is 6.25. The second-order valence-electron chi connectivity index (χ2n) is 6.25. The first-order valence-electron chi connectivity index (χ1n) is 7.60. The third kappa shape index (κ3) is 2.40. The monoisotopic (exact) mass is 284 g/mol. The highest BCUT2D eigenvalue weighted by atomic mass is 15.6. The van der Waals surface area contributed by atoms with E-state index in [-0.39, 0.29) is 0 Å². The standard InChI is InChI=1S/C15H20N6/c1-10-6-11(8-12(16)7-10)15-17-18-19-21(15)14-4-5-20(9-14)13-2-3-13/h6-8,13-14H,2-5,9,16H2,1H3. The van der Waals surface area contributed by atoms with Crippen molar-refractivity contribution in [1.82, 2.24) is 25.1 Å². The van der Waals surface area contributed by atoms with Crippen molar-refractivity contribution in [2.75, 3.05) is 18.8 Å². The van der Waals surface area contributed by atoms with Gasteiger partial charge in [-0.25, -0.2) is 4.68 Å². The van der Waals surface area contributed by atoms with Crippen LogP contribution in [0.1, 0.15) is 30.9 Å². The normalized spacial score (nSPS) is 22.8. The van der Waals surface area contributed by atoms with Gasteiger partial charge in [-0.15, -0.1) is 5.10 Å². The smallest absolute Gasteiger partial charge is 0.182 e. The van der Waals surface area contributed by atoms with Crippen LogP contribution >= 0.6 is 0 Å². The van der Waals surface area contributed by atoms with Crippen molar-refractivity contribution in [1.29, 1.82) is 0 Å². The molecule has 110 valence electrons. The van der Waals surface area contributed by atoms with Crippen LogP contribution in [0.2, 0.25) is 0 Å². The largest absolute Gasteiger partial charge is 0.399 e. The van der Waals surface area contributed by atoms with Crippen LogP contribution in [0.4, 0.5) is 5.69 Å². The van der Waals surface area contributed by atoms with Crippen LogP contribution in [0.3, 0.4) is 0 Å². The predicted octanol–water partition coefficient (Wildman–Crippen LogP) is 1.64. The van der Waals surface area contributed by atoms with Gasteiger partial charge in [-0.05, 0) is 60.4 Å². The maximum absolute atomic E-state index is 5.95. The minimum absolute atomic E-state index is 0.373. The van der Waals surface area contributed by atoms with Crippen molar-refractivity contribution in [3.05, 3.63) is 23.8 Å². The Morgan fingerprint density at radius 3 is 2.76 bits per heavy atom. The Morgan fingerprint density at radius 1 is 1.14 bits per heavy atom.